The number of nitrogens with one attached hydrogen (secondary N) is 1. The first kappa shape index (κ1) is 22.9. The summed E-state index contributed by atoms with van der Waals surface area (Å²) in [7, 11) is 6.06. The second-order valence-electron chi connectivity index (χ2n) is 7.56. The lowest BCUT2D eigenvalue weighted by Crippen LogP contribution is -2.24. The van der Waals surface area contributed by atoms with Crippen LogP contribution in [0.4, 0.5) is 17.1 Å². The Morgan fingerprint density at radius 1 is 1.06 bits per heavy atom. The molecule has 1 N–H and O–H groups in total. The molecule has 0 aliphatic carbocycles. The quantitative estimate of drug-likeness (QED) is 0.517. The lowest BCUT2D eigenvalue weighted by atomic mass is 10.1. The Morgan fingerprint density at radius 3 is 2.25 bits per heavy atom. The maximum absolute atomic E-state index is 13.0. The largest absolute Gasteiger partial charge is 0.493 e. The fraction of sp³-hybridized carbons (Fsp3) is 0.364. The molecule has 32 heavy (non-hydrogen) atoms. The summed E-state index contributed by atoms with van der Waals surface area (Å²) in [5.41, 5.74) is 0.884. The van der Waals surface area contributed by atoms with Gasteiger partial charge in [0.05, 0.1) is 30.4 Å². The average Bonchev–Trinajstić information content (AvgIpc) is 3.32. The molecule has 0 aromatic heterocycles. The number of amides is 2. The van der Waals surface area contributed by atoms with Crippen molar-refractivity contribution in [1.82, 2.24) is 4.90 Å². The minimum Gasteiger partial charge on any atom is -0.493 e. The van der Waals surface area contributed by atoms with Gasteiger partial charge in [-0.15, -0.1) is 0 Å². The lowest BCUT2D eigenvalue weighted by molar-refractivity contribution is -0.384. The van der Waals surface area contributed by atoms with Crippen molar-refractivity contribution in [2.75, 3.05) is 51.6 Å². The van der Waals surface area contributed by atoms with Crippen molar-refractivity contribution in [3.05, 3.63) is 51.6 Å². The van der Waals surface area contributed by atoms with Crippen LogP contribution >= 0.6 is 0 Å². The number of nitrogens with zero attached hydrogens (tertiary/aromatic N) is 3. The molecule has 2 aromatic rings. The first-order chi connectivity index (χ1) is 15.3. The molecule has 0 spiro atoms. The molecule has 1 aliphatic heterocycles. The maximum Gasteiger partial charge on any atom is 0.293 e. The number of hydrogen-bond acceptors (Lipinski definition) is 7. The van der Waals surface area contributed by atoms with Gasteiger partial charge in [-0.3, -0.25) is 19.7 Å². The minimum absolute atomic E-state index is 0.109. The van der Waals surface area contributed by atoms with E-state index in [2.05, 4.69) is 5.32 Å². The summed E-state index contributed by atoms with van der Waals surface area (Å²) < 4.78 is 10.6. The van der Waals surface area contributed by atoms with E-state index < -0.39 is 10.8 Å². The Kier molecular flexibility index (Phi) is 6.82. The van der Waals surface area contributed by atoms with Crippen LogP contribution in [0.2, 0.25) is 0 Å². The molecule has 0 bridgehead atoms. The predicted molar refractivity (Wildman–Crippen MR) is 120 cm³/mol. The fourth-order valence-corrected chi connectivity index (χ4v) is 3.63. The Labute approximate surface area is 185 Å². The zero-order valence-electron chi connectivity index (χ0n) is 18.5. The number of methoxy groups -OCH3 is 2. The van der Waals surface area contributed by atoms with Gasteiger partial charge >= 0.3 is 0 Å². The molecule has 0 radical (unpaired) electrons. The highest BCUT2D eigenvalue weighted by Gasteiger charge is 2.25. The summed E-state index contributed by atoms with van der Waals surface area (Å²) in [6.45, 7) is 1.49. The predicted octanol–water partition coefficient (Wildman–Crippen LogP) is 3.17. The van der Waals surface area contributed by atoms with Crippen LogP contribution < -0.4 is 19.7 Å². The topological polar surface area (TPSA) is 114 Å². The van der Waals surface area contributed by atoms with E-state index in [0.29, 0.717) is 17.2 Å². The second kappa shape index (κ2) is 9.54. The Bertz CT molecular complexity index is 1050. The number of nitro benzene ring substituents is 1. The highest BCUT2D eigenvalue weighted by Crippen LogP contribution is 2.35. The van der Waals surface area contributed by atoms with Crippen LogP contribution in [0.3, 0.4) is 0 Å². The van der Waals surface area contributed by atoms with Crippen LogP contribution in [0.25, 0.3) is 0 Å². The van der Waals surface area contributed by atoms with Crippen molar-refractivity contribution in [3.63, 3.8) is 0 Å². The molecular weight excluding hydrogens is 416 g/mol. The number of ether oxygens (including phenoxy) is 2. The van der Waals surface area contributed by atoms with Gasteiger partial charge in [0.15, 0.2) is 11.5 Å². The van der Waals surface area contributed by atoms with E-state index >= 15 is 0 Å². The van der Waals surface area contributed by atoms with E-state index in [9.17, 15) is 19.7 Å². The average molecular weight is 442 g/mol. The van der Waals surface area contributed by atoms with Crippen molar-refractivity contribution in [1.29, 1.82) is 0 Å². The SMILES string of the molecule is COc1cc(NC(=O)c2ccc(N3CCCC3)c([N+](=O)[O-])c2)c(C(=O)N(C)C)cc1OC. The van der Waals surface area contributed by atoms with E-state index in [1.807, 2.05) is 4.90 Å². The normalized spacial score (nSPS) is 12.9. The summed E-state index contributed by atoms with van der Waals surface area (Å²) in [5, 5.41) is 14.3. The zero-order chi connectivity index (χ0) is 23.4. The minimum atomic E-state index is -0.582. The smallest absolute Gasteiger partial charge is 0.293 e. The van der Waals surface area contributed by atoms with E-state index in [1.165, 1.54) is 37.3 Å². The van der Waals surface area contributed by atoms with Gasteiger partial charge in [-0.1, -0.05) is 0 Å². The lowest BCUT2D eigenvalue weighted by Gasteiger charge is -2.19. The van der Waals surface area contributed by atoms with E-state index in [0.717, 1.165) is 25.9 Å². The molecule has 10 nitrogen and oxygen atoms in total. The molecule has 1 fully saturated rings. The molecular formula is C22H26N4O6. The Hall–Kier alpha value is -3.82. The van der Waals surface area contributed by atoms with Crippen molar-refractivity contribution in [2.45, 2.75) is 12.8 Å². The molecule has 3 rings (SSSR count). The standard InChI is InChI=1S/C22H26N4O6/c1-24(2)22(28)15-12-19(31-3)20(32-4)13-16(15)23-21(27)14-7-8-17(18(11-14)26(29)30)25-9-5-6-10-25/h7-8,11-13H,5-6,9-10H2,1-4H3,(H,23,27). The second-order valence-corrected chi connectivity index (χ2v) is 7.56. The fourth-order valence-electron chi connectivity index (χ4n) is 3.63. The number of rotatable bonds is 7. The monoisotopic (exact) mass is 442 g/mol. The summed E-state index contributed by atoms with van der Waals surface area (Å²) in [5.74, 6) is -0.271. The molecule has 10 heteroatoms. The van der Waals surface area contributed by atoms with Gasteiger partial charge in [0.1, 0.15) is 5.69 Å². The third-order valence-electron chi connectivity index (χ3n) is 5.29. The number of hydrogen-bond donors (Lipinski definition) is 1. The summed E-state index contributed by atoms with van der Waals surface area (Å²) in [4.78, 5) is 40.1. The van der Waals surface area contributed by atoms with Gasteiger partial charge in [0, 0.05) is 44.9 Å². The van der Waals surface area contributed by atoms with Gasteiger partial charge < -0.3 is 24.6 Å². The van der Waals surface area contributed by atoms with Crippen LogP contribution in [0.15, 0.2) is 30.3 Å². The highest BCUT2D eigenvalue weighted by atomic mass is 16.6. The summed E-state index contributed by atoms with van der Waals surface area (Å²) in [6.07, 6.45) is 1.95. The highest BCUT2D eigenvalue weighted by molar-refractivity contribution is 6.10. The molecule has 0 saturated carbocycles. The van der Waals surface area contributed by atoms with E-state index in [4.69, 9.17) is 9.47 Å². The molecule has 2 amide bonds. The maximum atomic E-state index is 13.0. The number of benzene rings is 2. The van der Waals surface area contributed by atoms with Crippen LogP contribution in [0.1, 0.15) is 33.6 Å². The number of nitro groups is 1. The molecule has 170 valence electrons. The van der Waals surface area contributed by atoms with Gasteiger partial charge in [-0.05, 0) is 31.0 Å². The first-order valence-corrected chi connectivity index (χ1v) is 10.1. The van der Waals surface area contributed by atoms with Gasteiger partial charge in [0.2, 0.25) is 0 Å². The van der Waals surface area contributed by atoms with Crippen molar-refractivity contribution >= 4 is 28.9 Å². The Morgan fingerprint density at radius 2 is 1.69 bits per heavy atom. The summed E-state index contributed by atoms with van der Waals surface area (Å²) in [6, 6.07) is 7.37. The molecule has 0 atom stereocenters. The van der Waals surface area contributed by atoms with Crippen LogP contribution in [0, 0.1) is 10.1 Å². The van der Waals surface area contributed by atoms with Crippen LogP contribution in [-0.4, -0.2) is 63.0 Å². The van der Waals surface area contributed by atoms with E-state index in [-0.39, 0.29) is 28.4 Å². The third-order valence-corrected chi connectivity index (χ3v) is 5.29. The summed E-state index contributed by atoms with van der Waals surface area (Å²) >= 11 is 0. The van der Waals surface area contributed by atoms with Gasteiger partial charge in [-0.2, -0.15) is 0 Å². The van der Waals surface area contributed by atoms with Gasteiger partial charge in [-0.25, -0.2) is 0 Å². The van der Waals surface area contributed by atoms with Crippen molar-refractivity contribution < 1.29 is 24.0 Å². The molecule has 1 aliphatic rings. The molecule has 0 unspecified atom stereocenters. The molecule has 1 saturated heterocycles. The molecule has 1 heterocycles. The number of carbonyl (C=O) groups is 2. The zero-order valence-corrected chi connectivity index (χ0v) is 18.5. The molecule has 2 aromatic carbocycles. The van der Waals surface area contributed by atoms with E-state index in [1.54, 1.807) is 26.2 Å². The third kappa shape index (κ3) is 4.58. The van der Waals surface area contributed by atoms with Crippen LogP contribution in [-0.2, 0) is 0 Å². The van der Waals surface area contributed by atoms with Crippen molar-refractivity contribution in [2.24, 2.45) is 0 Å². The van der Waals surface area contributed by atoms with Crippen LogP contribution in [0.5, 0.6) is 11.5 Å². The number of carbonyl (C=O) groups excluding carboxylic acids is 2. The van der Waals surface area contributed by atoms with Gasteiger partial charge in [0.25, 0.3) is 17.5 Å². The Balaban J connectivity index is 1.98. The number of anilines is 2. The van der Waals surface area contributed by atoms with Crippen molar-refractivity contribution in [3.8, 4) is 11.5 Å². The first-order valence-electron chi connectivity index (χ1n) is 10.1.